The number of rotatable bonds is 8. The number of methoxy groups -OCH3 is 1. The third-order valence-corrected chi connectivity index (χ3v) is 8.68. The lowest BCUT2D eigenvalue weighted by atomic mass is 10.1. The molecule has 2 heterocycles. The van der Waals surface area contributed by atoms with Crippen molar-refractivity contribution in [2.45, 2.75) is 36.7 Å². The summed E-state index contributed by atoms with van der Waals surface area (Å²) < 4.78 is 30.6. The first kappa shape index (κ1) is 24.7. The van der Waals surface area contributed by atoms with E-state index in [2.05, 4.69) is 21.9 Å². The zero-order valence-corrected chi connectivity index (χ0v) is 20.8. The minimum atomic E-state index is -3.38. The molecule has 0 spiro atoms. The van der Waals surface area contributed by atoms with Gasteiger partial charge in [-0.3, -0.25) is 14.6 Å². The second kappa shape index (κ2) is 11.3. The molecule has 1 atom stereocenters. The lowest BCUT2D eigenvalue weighted by molar-refractivity contribution is -0.130. The maximum absolute atomic E-state index is 12.7. The molecule has 2 aromatic rings. The minimum absolute atomic E-state index is 0.0314. The van der Waals surface area contributed by atoms with Crippen molar-refractivity contribution in [1.29, 1.82) is 0 Å². The molecule has 2 saturated heterocycles. The highest BCUT2D eigenvalue weighted by Gasteiger charge is 2.29. The van der Waals surface area contributed by atoms with Crippen LogP contribution in [-0.2, 0) is 21.2 Å². The lowest BCUT2D eigenvalue weighted by Crippen LogP contribution is -2.50. The molecule has 1 amide bonds. The van der Waals surface area contributed by atoms with Gasteiger partial charge in [0.15, 0.2) is 9.84 Å². The Balaban J connectivity index is 1.25. The maximum Gasteiger partial charge on any atom is 0.222 e. The topological polar surface area (TPSA) is 70.2 Å². The molecule has 0 saturated carbocycles. The summed E-state index contributed by atoms with van der Waals surface area (Å²) in [6.45, 7) is 5.78. The number of amides is 1. The molecule has 2 fully saturated rings. The number of hydrogen-bond acceptors (Lipinski definition) is 6. The van der Waals surface area contributed by atoms with Gasteiger partial charge < -0.3 is 9.64 Å². The number of carbonyl (C=O) groups is 1. The SMILES string of the molecule is COc1cccc(CN2CCN(C3CCC(=O)N(CCS(=O)(=O)c4ccccc4)CC3)CC2)c1. The van der Waals surface area contributed by atoms with E-state index in [9.17, 15) is 13.2 Å². The standard InChI is InChI=1S/C26H35N3O4S/c1-33-24-7-5-6-22(20-24)21-27-14-16-28(17-15-27)23-10-11-26(30)29(13-12-23)18-19-34(31,32)25-8-3-2-4-9-25/h2-9,20,23H,10-19,21H2,1H3. The van der Waals surface area contributed by atoms with Gasteiger partial charge >= 0.3 is 0 Å². The van der Waals surface area contributed by atoms with E-state index in [0.717, 1.165) is 51.3 Å². The van der Waals surface area contributed by atoms with Gasteiger partial charge in [0.2, 0.25) is 5.91 Å². The van der Waals surface area contributed by atoms with Gasteiger partial charge in [-0.1, -0.05) is 30.3 Å². The number of piperazine rings is 1. The summed E-state index contributed by atoms with van der Waals surface area (Å²) in [6.07, 6.45) is 2.23. The summed E-state index contributed by atoms with van der Waals surface area (Å²) in [5, 5.41) is 0. The lowest BCUT2D eigenvalue weighted by Gasteiger charge is -2.39. The number of hydrogen-bond donors (Lipinski definition) is 0. The number of carbonyl (C=O) groups excluding carboxylic acids is 1. The van der Waals surface area contributed by atoms with Gasteiger partial charge in [-0.15, -0.1) is 0 Å². The molecule has 4 rings (SSSR count). The number of benzene rings is 2. The van der Waals surface area contributed by atoms with E-state index >= 15 is 0 Å². The summed E-state index contributed by atoms with van der Waals surface area (Å²) in [5.74, 6) is 0.930. The van der Waals surface area contributed by atoms with Gasteiger partial charge in [0.25, 0.3) is 0 Å². The first-order valence-corrected chi connectivity index (χ1v) is 13.7. The fourth-order valence-electron chi connectivity index (χ4n) is 4.92. The van der Waals surface area contributed by atoms with Crippen molar-refractivity contribution in [1.82, 2.24) is 14.7 Å². The van der Waals surface area contributed by atoms with Gasteiger partial charge in [-0.2, -0.15) is 0 Å². The van der Waals surface area contributed by atoms with E-state index in [1.54, 1.807) is 42.3 Å². The summed E-state index contributed by atoms with van der Waals surface area (Å²) in [6, 6.07) is 17.1. The smallest absolute Gasteiger partial charge is 0.222 e. The Morgan fingerprint density at radius 1 is 0.941 bits per heavy atom. The highest BCUT2D eigenvalue weighted by atomic mass is 32.2. The van der Waals surface area contributed by atoms with E-state index in [1.165, 1.54) is 5.56 Å². The number of ether oxygens (including phenoxy) is 1. The Morgan fingerprint density at radius 3 is 2.44 bits per heavy atom. The van der Waals surface area contributed by atoms with Crippen molar-refractivity contribution in [3.05, 3.63) is 60.2 Å². The van der Waals surface area contributed by atoms with E-state index in [1.807, 2.05) is 12.1 Å². The van der Waals surface area contributed by atoms with Crippen molar-refractivity contribution in [2.24, 2.45) is 0 Å². The van der Waals surface area contributed by atoms with Crippen LogP contribution >= 0.6 is 0 Å². The fraction of sp³-hybridized carbons (Fsp3) is 0.500. The Bertz CT molecular complexity index is 1050. The van der Waals surface area contributed by atoms with Crippen LogP contribution in [0, 0.1) is 0 Å². The average Bonchev–Trinajstić information content (AvgIpc) is 3.05. The largest absolute Gasteiger partial charge is 0.497 e. The molecular formula is C26H35N3O4S. The predicted octanol–water partition coefficient (Wildman–Crippen LogP) is 2.67. The van der Waals surface area contributed by atoms with Crippen LogP contribution < -0.4 is 4.74 Å². The maximum atomic E-state index is 12.7. The molecule has 2 aromatic carbocycles. The molecule has 7 nitrogen and oxygen atoms in total. The zero-order valence-electron chi connectivity index (χ0n) is 19.9. The monoisotopic (exact) mass is 485 g/mol. The van der Waals surface area contributed by atoms with Crippen LogP contribution in [0.25, 0.3) is 0 Å². The van der Waals surface area contributed by atoms with Gasteiger partial charge in [0.1, 0.15) is 5.75 Å². The van der Waals surface area contributed by atoms with Crippen molar-refractivity contribution in [2.75, 3.05) is 52.1 Å². The molecule has 1 unspecified atom stereocenters. The Morgan fingerprint density at radius 2 is 1.71 bits per heavy atom. The summed E-state index contributed by atoms with van der Waals surface area (Å²) in [5.41, 5.74) is 1.26. The summed E-state index contributed by atoms with van der Waals surface area (Å²) in [7, 11) is -1.69. The van der Waals surface area contributed by atoms with Crippen LogP contribution in [0.15, 0.2) is 59.5 Å². The van der Waals surface area contributed by atoms with Crippen LogP contribution in [-0.4, -0.2) is 87.2 Å². The number of nitrogens with zero attached hydrogens (tertiary/aromatic N) is 3. The van der Waals surface area contributed by atoms with Crippen molar-refractivity contribution in [3.63, 3.8) is 0 Å². The Hall–Kier alpha value is -2.42. The third-order valence-electron chi connectivity index (χ3n) is 6.97. The van der Waals surface area contributed by atoms with Crippen LogP contribution in [0.4, 0.5) is 0 Å². The van der Waals surface area contributed by atoms with Crippen molar-refractivity contribution < 1.29 is 17.9 Å². The molecule has 0 bridgehead atoms. The molecule has 8 heteroatoms. The van der Waals surface area contributed by atoms with Crippen LogP contribution in [0.3, 0.4) is 0 Å². The molecule has 184 valence electrons. The van der Waals surface area contributed by atoms with Crippen LogP contribution in [0.1, 0.15) is 24.8 Å². The number of likely N-dealkylation sites (tertiary alicyclic amines) is 1. The third kappa shape index (κ3) is 6.37. The molecular weight excluding hydrogens is 450 g/mol. The molecule has 0 radical (unpaired) electrons. The fourth-order valence-corrected chi connectivity index (χ4v) is 6.18. The van der Waals surface area contributed by atoms with Crippen molar-refractivity contribution >= 4 is 15.7 Å². The Kier molecular flexibility index (Phi) is 8.24. The van der Waals surface area contributed by atoms with Gasteiger partial charge in [-0.05, 0) is 42.7 Å². The summed E-state index contributed by atoms with van der Waals surface area (Å²) in [4.78, 5) is 19.7. The van der Waals surface area contributed by atoms with Crippen LogP contribution in [0.5, 0.6) is 5.75 Å². The first-order chi connectivity index (χ1) is 16.4. The van der Waals surface area contributed by atoms with E-state index in [4.69, 9.17) is 4.74 Å². The quantitative estimate of drug-likeness (QED) is 0.573. The first-order valence-electron chi connectivity index (χ1n) is 12.1. The second-order valence-electron chi connectivity index (χ2n) is 9.16. The molecule has 2 aliphatic heterocycles. The predicted molar refractivity (Wildman–Crippen MR) is 133 cm³/mol. The molecule has 0 aliphatic carbocycles. The highest BCUT2D eigenvalue weighted by molar-refractivity contribution is 7.91. The summed E-state index contributed by atoms with van der Waals surface area (Å²) >= 11 is 0. The van der Waals surface area contributed by atoms with E-state index in [-0.39, 0.29) is 18.2 Å². The van der Waals surface area contributed by atoms with E-state index < -0.39 is 9.84 Å². The van der Waals surface area contributed by atoms with Crippen LogP contribution in [0.2, 0.25) is 0 Å². The normalized spacial score (nSPS) is 20.8. The van der Waals surface area contributed by atoms with E-state index in [0.29, 0.717) is 23.9 Å². The van der Waals surface area contributed by atoms with Gasteiger partial charge in [0.05, 0.1) is 17.8 Å². The van der Waals surface area contributed by atoms with Gasteiger partial charge in [-0.25, -0.2) is 8.42 Å². The molecule has 2 aliphatic rings. The second-order valence-corrected chi connectivity index (χ2v) is 11.3. The highest BCUT2D eigenvalue weighted by Crippen LogP contribution is 2.21. The Labute approximate surface area is 203 Å². The zero-order chi connectivity index (χ0) is 24.0. The molecule has 0 aromatic heterocycles. The average molecular weight is 486 g/mol. The van der Waals surface area contributed by atoms with Crippen molar-refractivity contribution in [3.8, 4) is 5.75 Å². The molecule has 0 N–H and O–H groups in total. The molecule has 34 heavy (non-hydrogen) atoms. The number of sulfone groups is 1. The minimum Gasteiger partial charge on any atom is -0.497 e. The van der Waals surface area contributed by atoms with Gasteiger partial charge in [0, 0.05) is 58.3 Å².